The summed E-state index contributed by atoms with van der Waals surface area (Å²) in [7, 11) is -3.23. The molecule has 2 atom stereocenters. The summed E-state index contributed by atoms with van der Waals surface area (Å²) < 4.78 is 29.5. The Morgan fingerprint density at radius 1 is 1.19 bits per heavy atom. The van der Waals surface area contributed by atoms with Crippen LogP contribution in [0.2, 0.25) is 0 Å². The molecule has 0 radical (unpaired) electrons. The molecule has 0 aliphatic carbocycles. The molecule has 3 rings (SSSR count). The highest BCUT2D eigenvalue weighted by Crippen LogP contribution is 2.32. The predicted molar refractivity (Wildman–Crippen MR) is 101 cm³/mol. The van der Waals surface area contributed by atoms with Crippen LogP contribution in [-0.4, -0.2) is 36.9 Å². The second-order valence-electron chi connectivity index (χ2n) is 7.54. The Bertz CT molecular complexity index is 874. The van der Waals surface area contributed by atoms with Gasteiger partial charge in [0.1, 0.15) is 5.75 Å². The lowest BCUT2D eigenvalue weighted by Crippen LogP contribution is -2.34. The maximum atomic E-state index is 12.0. The summed E-state index contributed by atoms with van der Waals surface area (Å²) in [6.07, 6.45) is 0.911. The van der Waals surface area contributed by atoms with E-state index in [1.54, 1.807) is 13.8 Å². The first kappa shape index (κ1) is 19.0. The minimum absolute atomic E-state index is 0.0957. The Labute approximate surface area is 155 Å². The van der Waals surface area contributed by atoms with Crippen LogP contribution < -0.4 is 5.32 Å². The number of aryl methyl sites for hydroxylation is 2. The monoisotopic (exact) mass is 377 g/mol. The first-order valence-electron chi connectivity index (χ1n) is 9.08. The van der Waals surface area contributed by atoms with Crippen molar-refractivity contribution in [3.63, 3.8) is 0 Å². The van der Waals surface area contributed by atoms with Gasteiger partial charge in [0.15, 0.2) is 15.7 Å². The van der Waals surface area contributed by atoms with Crippen LogP contribution in [0.25, 0.3) is 0 Å². The lowest BCUT2D eigenvalue weighted by atomic mass is 9.84. The normalized spacial score (nSPS) is 21.3. The van der Waals surface area contributed by atoms with Gasteiger partial charge in [0.2, 0.25) is 5.89 Å². The third-order valence-electron chi connectivity index (χ3n) is 5.23. The Morgan fingerprint density at radius 2 is 1.92 bits per heavy atom. The van der Waals surface area contributed by atoms with Crippen LogP contribution in [0.5, 0.6) is 0 Å². The second-order valence-corrected chi connectivity index (χ2v) is 10.1. The number of hydrogen-bond acceptors (Lipinski definition) is 6. The van der Waals surface area contributed by atoms with Gasteiger partial charge in [-0.3, -0.25) is 0 Å². The average molecular weight is 378 g/mol. The van der Waals surface area contributed by atoms with E-state index in [9.17, 15) is 8.42 Å². The summed E-state index contributed by atoms with van der Waals surface area (Å²) in [6, 6.07) is 6.60. The molecule has 1 saturated heterocycles. The van der Waals surface area contributed by atoms with Crippen molar-refractivity contribution in [2.24, 2.45) is 0 Å². The molecule has 6 nitrogen and oxygen atoms in total. The first-order valence-corrected chi connectivity index (χ1v) is 10.8. The third-order valence-corrected chi connectivity index (χ3v) is 7.33. The summed E-state index contributed by atoms with van der Waals surface area (Å²) in [4.78, 5) is 4.36. The van der Waals surface area contributed by atoms with Gasteiger partial charge in [0, 0.05) is 13.1 Å². The van der Waals surface area contributed by atoms with Crippen molar-refractivity contribution in [3.05, 3.63) is 46.6 Å². The van der Waals surface area contributed by atoms with Crippen LogP contribution in [0.1, 0.15) is 60.5 Å². The van der Waals surface area contributed by atoms with Crippen LogP contribution in [0.15, 0.2) is 22.7 Å². The lowest BCUT2D eigenvalue weighted by molar-refractivity contribution is 0.307. The highest BCUT2D eigenvalue weighted by molar-refractivity contribution is 7.91. The van der Waals surface area contributed by atoms with Gasteiger partial charge in [-0.15, -0.1) is 0 Å². The smallest absolute Gasteiger partial charge is 0.231 e. The van der Waals surface area contributed by atoms with Gasteiger partial charge in [0.05, 0.1) is 11.2 Å². The molecule has 1 aliphatic rings. The molecule has 2 heterocycles. The van der Waals surface area contributed by atoms with Crippen LogP contribution >= 0.6 is 0 Å². The first-order chi connectivity index (χ1) is 12.3. The molecule has 0 spiro atoms. The SMILES string of the molecule is Cc1ccc(C2CNCC(c3nc(CS(=O)(=O)C(C)C)no3)C2)cc1C. The van der Waals surface area contributed by atoms with Crippen LogP contribution in [0.4, 0.5) is 0 Å². The van der Waals surface area contributed by atoms with Crippen LogP contribution in [0.3, 0.4) is 0 Å². The van der Waals surface area contributed by atoms with Crippen molar-refractivity contribution in [2.45, 2.75) is 57.0 Å². The van der Waals surface area contributed by atoms with Gasteiger partial charge in [-0.2, -0.15) is 4.98 Å². The van der Waals surface area contributed by atoms with E-state index in [1.165, 1.54) is 16.7 Å². The summed E-state index contributed by atoms with van der Waals surface area (Å²) >= 11 is 0. The van der Waals surface area contributed by atoms with Gasteiger partial charge in [-0.25, -0.2) is 8.42 Å². The number of rotatable bonds is 5. The van der Waals surface area contributed by atoms with Crippen LogP contribution in [0, 0.1) is 13.8 Å². The summed E-state index contributed by atoms with van der Waals surface area (Å²) in [5.74, 6) is 1.08. The molecule has 26 heavy (non-hydrogen) atoms. The highest BCUT2D eigenvalue weighted by atomic mass is 32.2. The van der Waals surface area contributed by atoms with Gasteiger partial charge in [0.25, 0.3) is 0 Å². The summed E-state index contributed by atoms with van der Waals surface area (Å²) in [5, 5.41) is 6.89. The van der Waals surface area contributed by atoms with Gasteiger partial charge in [-0.1, -0.05) is 23.4 Å². The number of benzene rings is 1. The highest BCUT2D eigenvalue weighted by Gasteiger charge is 2.29. The van der Waals surface area contributed by atoms with Crippen molar-refractivity contribution in [2.75, 3.05) is 13.1 Å². The van der Waals surface area contributed by atoms with Crippen molar-refractivity contribution in [3.8, 4) is 0 Å². The number of nitrogens with zero attached hydrogens (tertiary/aromatic N) is 2. The predicted octanol–water partition coefficient (Wildman–Crippen LogP) is 2.87. The quantitative estimate of drug-likeness (QED) is 0.862. The zero-order chi connectivity index (χ0) is 18.9. The molecule has 2 unspecified atom stereocenters. The number of piperidine rings is 1. The zero-order valence-electron chi connectivity index (χ0n) is 15.8. The number of sulfone groups is 1. The molecular formula is C19H27N3O3S. The van der Waals surface area contributed by atoms with Crippen molar-refractivity contribution in [1.82, 2.24) is 15.5 Å². The molecule has 1 aromatic carbocycles. The Morgan fingerprint density at radius 3 is 2.62 bits per heavy atom. The van der Waals surface area contributed by atoms with E-state index in [2.05, 4.69) is 47.5 Å². The number of nitrogens with one attached hydrogen (secondary N) is 1. The largest absolute Gasteiger partial charge is 0.339 e. The maximum Gasteiger partial charge on any atom is 0.231 e. The van der Waals surface area contributed by atoms with E-state index in [0.717, 1.165) is 19.5 Å². The minimum atomic E-state index is -3.23. The fraction of sp³-hybridized carbons (Fsp3) is 0.579. The van der Waals surface area contributed by atoms with E-state index < -0.39 is 15.1 Å². The van der Waals surface area contributed by atoms with Gasteiger partial charge in [-0.05, 0) is 56.7 Å². The van der Waals surface area contributed by atoms with E-state index in [-0.39, 0.29) is 17.5 Å². The molecule has 1 fully saturated rings. The van der Waals surface area contributed by atoms with Gasteiger partial charge < -0.3 is 9.84 Å². The van der Waals surface area contributed by atoms with E-state index in [4.69, 9.17) is 4.52 Å². The van der Waals surface area contributed by atoms with Crippen molar-refractivity contribution >= 4 is 9.84 Å². The molecule has 1 aliphatic heterocycles. The molecule has 0 amide bonds. The maximum absolute atomic E-state index is 12.0. The summed E-state index contributed by atoms with van der Waals surface area (Å²) in [5.41, 5.74) is 3.90. The number of aromatic nitrogens is 2. The molecular weight excluding hydrogens is 350 g/mol. The second kappa shape index (κ2) is 7.48. The molecule has 1 N–H and O–H groups in total. The van der Waals surface area contributed by atoms with Crippen molar-refractivity contribution < 1.29 is 12.9 Å². The number of hydrogen-bond donors (Lipinski definition) is 1. The molecule has 0 bridgehead atoms. The average Bonchev–Trinajstić information content (AvgIpc) is 3.05. The van der Waals surface area contributed by atoms with E-state index in [0.29, 0.717) is 11.8 Å². The topological polar surface area (TPSA) is 85.1 Å². The molecule has 1 aromatic heterocycles. The standard InChI is InChI=1S/C19H27N3O3S/c1-12(2)26(23,24)11-18-21-19(25-22-18)17-8-16(9-20-10-17)15-6-5-13(3)14(4)7-15/h5-7,12,16-17,20H,8-11H2,1-4H3. The molecule has 7 heteroatoms. The zero-order valence-corrected chi connectivity index (χ0v) is 16.6. The lowest BCUT2D eigenvalue weighted by Gasteiger charge is -2.28. The fourth-order valence-electron chi connectivity index (χ4n) is 3.24. The Hall–Kier alpha value is -1.73. The summed E-state index contributed by atoms with van der Waals surface area (Å²) in [6.45, 7) is 9.25. The third kappa shape index (κ3) is 4.15. The Balaban J connectivity index is 1.73. The van der Waals surface area contributed by atoms with E-state index >= 15 is 0 Å². The fourth-order valence-corrected chi connectivity index (χ4v) is 4.05. The molecule has 2 aromatic rings. The minimum Gasteiger partial charge on any atom is -0.339 e. The molecule has 0 saturated carbocycles. The van der Waals surface area contributed by atoms with Crippen LogP contribution in [-0.2, 0) is 15.6 Å². The van der Waals surface area contributed by atoms with Crippen molar-refractivity contribution in [1.29, 1.82) is 0 Å². The molecule has 142 valence electrons. The van der Waals surface area contributed by atoms with E-state index in [1.807, 2.05) is 0 Å². The Kier molecular flexibility index (Phi) is 5.48. The van der Waals surface area contributed by atoms with Gasteiger partial charge >= 0.3 is 0 Å².